The van der Waals surface area contributed by atoms with Gasteiger partial charge in [-0.05, 0) is 55.6 Å². The molecule has 19 heavy (non-hydrogen) atoms. The fourth-order valence-electron chi connectivity index (χ4n) is 3.92. The van der Waals surface area contributed by atoms with Crippen LogP contribution in [0.5, 0.6) is 0 Å². The van der Waals surface area contributed by atoms with Gasteiger partial charge in [0.15, 0.2) is 0 Å². The Hall–Kier alpha value is -0.340. The van der Waals surface area contributed by atoms with Crippen molar-refractivity contribution in [3.8, 4) is 0 Å². The summed E-state index contributed by atoms with van der Waals surface area (Å²) in [6, 6.07) is 3.22. The van der Waals surface area contributed by atoms with Gasteiger partial charge in [0.1, 0.15) is 0 Å². The Morgan fingerprint density at radius 3 is 2.84 bits per heavy atom. The molecule has 2 heteroatoms. The van der Waals surface area contributed by atoms with Crippen molar-refractivity contribution < 1.29 is 0 Å². The largest absolute Gasteiger partial charge is 0.309 e. The Morgan fingerprint density at radius 2 is 2.05 bits per heavy atom. The van der Waals surface area contributed by atoms with E-state index in [1.54, 1.807) is 15.3 Å². The molecule has 0 spiro atoms. The number of nitrogens with one attached hydrogen (secondary N) is 1. The minimum Gasteiger partial charge on any atom is -0.309 e. The van der Waals surface area contributed by atoms with E-state index in [0.717, 1.165) is 24.4 Å². The first kappa shape index (κ1) is 13.6. The molecule has 1 saturated carbocycles. The third-order valence-corrected chi connectivity index (χ3v) is 6.25. The molecule has 1 nitrogen and oxygen atoms in total. The quantitative estimate of drug-likeness (QED) is 0.852. The monoisotopic (exact) mass is 277 g/mol. The van der Waals surface area contributed by atoms with Crippen molar-refractivity contribution in [1.82, 2.24) is 5.32 Å². The van der Waals surface area contributed by atoms with Crippen LogP contribution in [0.3, 0.4) is 0 Å². The summed E-state index contributed by atoms with van der Waals surface area (Å²) < 4.78 is 0. The first-order valence-corrected chi connectivity index (χ1v) is 8.89. The van der Waals surface area contributed by atoms with Gasteiger partial charge in [-0.1, -0.05) is 26.7 Å². The van der Waals surface area contributed by atoms with Gasteiger partial charge >= 0.3 is 0 Å². The SMILES string of the molecule is CC(C)C1CCCCC1NCc1cc2c(s1)CCC2. The summed E-state index contributed by atoms with van der Waals surface area (Å²) >= 11 is 2.06. The molecule has 0 bridgehead atoms. The first-order valence-electron chi connectivity index (χ1n) is 8.08. The highest BCUT2D eigenvalue weighted by Crippen LogP contribution is 2.32. The van der Waals surface area contributed by atoms with E-state index < -0.39 is 0 Å². The van der Waals surface area contributed by atoms with Crippen molar-refractivity contribution in [2.75, 3.05) is 0 Å². The summed E-state index contributed by atoms with van der Waals surface area (Å²) in [4.78, 5) is 3.23. The van der Waals surface area contributed by atoms with Gasteiger partial charge in [-0.25, -0.2) is 0 Å². The Labute approximate surface area is 121 Å². The average molecular weight is 277 g/mol. The maximum atomic E-state index is 3.87. The lowest BCUT2D eigenvalue weighted by molar-refractivity contribution is 0.205. The lowest BCUT2D eigenvalue weighted by atomic mass is 9.78. The van der Waals surface area contributed by atoms with E-state index in [4.69, 9.17) is 0 Å². The summed E-state index contributed by atoms with van der Waals surface area (Å²) in [5.41, 5.74) is 1.64. The molecule has 1 aromatic heterocycles. The fourth-order valence-corrected chi connectivity index (χ4v) is 5.13. The van der Waals surface area contributed by atoms with E-state index in [1.165, 1.54) is 44.9 Å². The summed E-state index contributed by atoms with van der Waals surface area (Å²) in [5.74, 6) is 1.71. The van der Waals surface area contributed by atoms with Gasteiger partial charge in [-0.2, -0.15) is 0 Å². The third kappa shape index (κ3) is 3.05. The summed E-state index contributed by atoms with van der Waals surface area (Å²) in [7, 11) is 0. The molecule has 0 amide bonds. The molecule has 2 aliphatic rings. The summed E-state index contributed by atoms with van der Waals surface area (Å²) in [6.45, 7) is 5.89. The van der Waals surface area contributed by atoms with E-state index in [2.05, 4.69) is 36.6 Å². The van der Waals surface area contributed by atoms with Gasteiger partial charge in [0.05, 0.1) is 0 Å². The van der Waals surface area contributed by atoms with Crippen molar-refractivity contribution in [3.63, 3.8) is 0 Å². The minimum absolute atomic E-state index is 0.755. The number of hydrogen-bond acceptors (Lipinski definition) is 2. The van der Waals surface area contributed by atoms with Crippen LogP contribution in [0, 0.1) is 11.8 Å². The van der Waals surface area contributed by atoms with E-state index in [9.17, 15) is 0 Å². The van der Waals surface area contributed by atoms with E-state index >= 15 is 0 Å². The summed E-state index contributed by atoms with van der Waals surface area (Å²) in [6.07, 6.45) is 9.70. The van der Waals surface area contributed by atoms with Crippen LogP contribution in [0.2, 0.25) is 0 Å². The molecule has 1 heterocycles. The molecule has 1 N–H and O–H groups in total. The topological polar surface area (TPSA) is 12.0 Å². The lowest BCUT2D eigenvalue weighted by Gasteiger charge is -2.35. The van der Waals surface area contributed by atoms with Crippen molar-refractivity contribution in [3.05, 3.63) is 21.4 Å². The summed E-state index contributed by atoms with van der Waals surface area (Å²) in [5, 5.41) is 3.87. The molecule has 0 radical (unpaired) electrons. The van der Waals surface area contributed by atoms with Crippen LogP contribution in [-0.2, 0) is 19.4 Å². The highest BCUT2D eigenvalue weighted by atomic mass is 32.1. The minimum atomic E-state index is 0.755. The fraction of sp³-hybridized carbons (Fsp3) is 0.765. The molecule has 1 aromatic rings. The van der Waals surface area contributed by atoms with Crippen LogP contribution in [0.4, 0.5) is 0 Å². The molecular weight excluding hydrogens is 250 g/mol. The van der Waals surface area contributed by atoms with Crippen molar-refractivity contribution in [1.29, 1.82) is 0 Å². The number of fused-ring (bicyclic) bond motifs is 1. The van der Waals surface area contributed by atoms with Crippen LogP contribution in [0.25, 0.3) is 0 Å². The van der Waals surface area contributed by atoms with Crippen molar-refractivity contribution in [2.45, 2.75) is 71.4 Å². The zero-order valence-electron chi connectivity index (χ0n) is 12.4. The number of aryl methyl sites for hydroxylation is 2. The van der Waals surface area contributed by atoms with Crippen LogP contribution < -0.4 is 5.32 Å². The van der Waals surface area contributed by atoms with E-state index in [1.807, 2.05) is 0 Å². The van der Waals surface area contributed by atoms with E-state index in [0.29, 0.717) is 0 Å². The lowest BCUT2D eigenvalue weighted by Crippen LogP contribution is -2.40. The second kappa shape index (κ2) is 5.97. The number of rotatable bonds is 4. The predicted octanol–water partition coefficient (Wildman–Crippen LogP) is 4.54. The molecule has 2 unspecified atom stereocenters. The van der Waals surface area contributed by atoms with Gasteiger partial charge in [0, 0.05) is 22.3 Å². The Balaban J connectivity index is 1.58. The van der Waals surface area contributed by atoms with Crippen LogP contribution >= 0.6 is 11.3 Å². The van der Waals surface area contributed by atoms with Crippen LogP contribution in [0.1, 0.15) is 61.3 Å². The molecule has 3 rings (SSSR count). The van der Waals surface area contributed by atoms with Crippen molar-refractivity contribution in [2.24, 2.45) is 11.8 Å². The van der Waals surface area contributed by atoms with Crippen molar-refractivity contribution >= 4 is 11.3 Å². The van der Waals surface area contributed by atoms with Gasteiger partial charge in [-0.3, -0.25) is 0 Å². The second-order valence-corrected chi connectivity index (χ2v) is 7.92. The smallest absolute Gasteiger partial charge is 0.0302 e. The van der Waals surface area contributed by atoms with Gasteiger partial charge in [0.2, 0.25) is 0 Å². The Bertz CT molecular complexity index is 399. The molecule has 106 valence electrons. The molecular formula is C17H27NS. The number of thiophene rings is 1. The van der Waals surface area contributed by atoms with Gasteiger partial charge in [-0.15, -0.1) is 11.3 Å². The molecule has 0 aromatic carbocycles. The molecule has 2 aliphatic carbocycles. The maximum Gasteiger partial charge on any atom is 0.0302 e. The molecule has 2 atom stereocenters. The molecule has 1 fully saturated rings. The molecule has 0 saturated heterocycles. The second-order valence-electron chi connectivity index (χ2n) is 6.69. The normalized spacial score (nSPS) is 26.9. The van der Waals surface area contributed by atoms with Crippen LogP contribution in [-0.4, -0.2) is 6.04 Å². The third-order valence-electron chi connectivity index (χ3n) is 5.01. The number of hydrogen-bond donors (Lipinski definition) is 1. The van der Waals surface area contributed by atoms with Gasteiger partial charge < -0.3 is 5.32 Å². The molecule has 0 aliphatic heterocycles. The first-order chi connectivity index (χ1) is 9.24. The van der Waals surface area contributed by atoms with Crippen LogP contribution in [0.15, 0.2) is 6.07 Å². The predicted molar refractivity (Wildman–Crippen MR) is 83.8 cm³/mol. The Morgan fingerprint density at radius 1 is 1.21 bits per heavy atom. The standard InChI is InChI=1S/C17H27NS/c1-12(2)15-7-3-4-8-16(15)18-11-14-10-13-6-5-9-17(13)19-14/h10,12,15-16,18H,3-9,11H2,1-2H3. The zero-order valence-corrected chi connectivity index (χ0v) is 13.2. The Kier molecular flexibility index (Phi) is 4.28. The van der Waals surface area contributed by atoms with Gasteiger partial charge in [0.25, 0.3) is 0 Å². The van der Waals surface area contributed by atoms with E-state index in [-0.39, 0.29) is 0 Å². The maximum absolute atomic E-state index is 3.87. The highest BCUT2D eigenvalue weighted by molar-refractivity contribution is 7.12. The zero-order chi connectivity index (χ0) is 13.2. The average Bonchev–Trinajstić information content (AvgIpc) is 2.97. The highest BCUT2D eigenvalue weighted by Gasteiger charge is 2.27.